The van der Waals surface area contributed by atoms with Gasteiger partial charge < -0.3 is 14.8 Å². The second kappa shape index (κ2) is 12.5. The van der Waals surface area contributed by atoms with Gasteiger partial charge in [0.2, 0.25) is 0 Å². The highest BCUT2D eigenvalue weighted by atomic mass is 79.9. The van der Waals surface area contributed by atoms with E-state index >= 15 is 0 Å². The number of ether oxygens (including phenoxy) is 2. The van der Waals surface area contributed by atoms with Gasteiger partial charge in [0.1, 0.15) is 5.57 Å². The summed E-state index contributed by atoms with van der Waals surface area (Å²) in [6, 6.07) is 15.5. The molecule has 3 aromatic rings. The molecule has 4 rings (SSSR count). The van der Waals surface area contributed by atoms with E-state index in [1.807, 2.05) is 0 Å². The van der Waals surface area contributed by atoms with Gasteiger partial charge in [-0.05, 0) is 95.2 Å². The van der Waals surface area contributed by atoms with Gasteiger partial charge >= 0.3 is 6.03 Å². The van der Waals surface area contributed by atoms with Gasteiger partial charge in [-0.1, -0.05) is 27.5 Å². The fraction of sp³-hybridized carbons (Fsp3) is 0.111. The smallest absolute Gasteiger partial charge is 0.335 e. The third-order valence-electron chi connectivity index (χ3n) is 5.30. The van der Waals surface area contributed by atoms with Crippen LogP contribution in [0.2, 0.25) is 5.02 Å². The lowest BCUT2D eigenvalue weighted by atomic mass is 10.1. The Morgan fingerprint density at radius 1 is 1.03 bits per heavy atom. The molecular weight excluding hydrogens is 658 g/mol. The minimum absolute atomic E-state index is 0.247. The highest BCUT2D eigenvalue weighted by molar-refractivity contribution is 9.10. The maximum absolute atomic E-state index is 13.2. The van der Waals surface area contributed by atoms with Gasteiger partial charge in [0.25, 0.3) is 17.7 Å². The number of hydrogen-bond acceptors (Lipinski definition) is 6. The first-order valence-electron chi connectivity index (χ1n) is 11.5. The predicted octanol–water partition coefficient (Wildman–Crippen LogP) is 5.95. The van der Waals surface area contributed by atoms with Crippen molar-refractivity contribution < 1.29 is 28.7 Å². The second-order valence-electron chi connectivity index (χ2n) is 8.04. The molecule has 1 heterocycles. The molecule has 5 amide bonds. The molecular formula is C27H20Br2ClN3O6. The number of carbonyl (C=O) groups excluding carboxylic acids is 4. The Morgan fingerprint density at radius 3 is 2.38 bits per heavy atom. The van der Waals surface area contributed by atoms with Crippen LogP contribution in [0, 0.1) is 0 Å². The maximum Gasteiger partial charge on any atom is 0.335 e. The molecule has 9 nitrogen and oxygen atoms in total. The van der Waals surface area contributed by atoms with Crippen LogP contribution in [0.4, 0.5) is 16.2 Å². The van der Waals surface area contributed by atoms with Crippen LogP contribution in [0.25, 0.3) is 6.08 Å². The fourth-order valence-electron chi connectivity index (χ4n) is 3.59. The van der Waals surface area contributed by atoms with Crippen LogP contribution in [0.15, 0.2) is 75.2 Å². The van der Waals surface area contributed by atoms with Crippen molar-refractivity contribution >= 4 is 84.7 Å². The van der Waals surface area contributed by atoms with Crippen molar-refractivity contribution in [3.05, 3.63) is 85.8 Å². The maximum atomic E-state index is 13.2. The van der Waals surface area contributed by atoms with Gasteiger partial charge in [0.15, 0.2) is 18.1 Å². The number of hydrogen-bond donors (Lipinski definition) is 2. The molecule has 0 bridgehead atoms. The number of imide groups is 2. The summed E-state index contributed by atoms with van der Waals surface area (Å²) in [4.78, 5) is 51.5. The topological polar surface area (TPSA) is 114 Å². The number of benzene rings is 3. The molecule has 12 heteroatoms. The second-order valence-corrected chi connectivity index (χ2v) is 10.2. The van der Waals surface area contributed by atoms with Crippen LogP contribution in [0.5, 0.6) is 11.5 Å². The number of barbiturate groups is 1. The van der Waals surface area contributed by atoms with Crippen molar-refractivity contribution in [2.75, 3.05) is 23.4 Å². The van der Waals surface area contributed by atoms with Crippen molar-refractivity contribution in [1.82, 2.24) is 5.32 Å². The first-order valence-corrected chi connectivity index (χ1v) is 13.4. The van der Waals surface area contributed by atoms with E-state index in [1.165, 1.54) is 6.08 Å². The van der Waals surface area contributed by atoms with Crippen molar-refractivity contribution in [3.8, 4) is 11.5 Å². The van der Waals surface area contributed by atoms with Crippen molar-refractivity contribution in [3.63, 3.8) is 0 Å². The van der Waals surface area contributed by atoms with Crippen LogP contribution in [-0.4, -0.2) is 37.0 Å². The number of halogens is 3. The van der Waals surface area contributed by atoms with Crippen LogP contribution in [0.3, 0.4) is 0 Å². The Kier molecular flexibility index (Phi) is 9.05. The Bertz CT molecular complexity index is 1480. The number of rotatable bonds is 8. The number of anilines is 2. The zero-order chi connectivity index (χ0) is 28.1. The quantitative estimate of drug-likeness (QED) is 0.225. The van der Waals surface area contributed by atoms with Crippen molar-refractivity contribution in [2.45, 2.75) is 6.92 Å². The van der Waals surface area contributed by atoms with Crippen LogP contribution < -0.4 is 25.0 Å². The summed E-state index contributed by atoms with van der Waals surface area (Å²) in [6.07, 6.45) is 1.35. The fourth-order valence-corrected chi connectivity index (χ4v) is 4.56. The number of amides is 5. The highest BCUT2D eigenvalue weighted by Gasteiger charge is 2.36. The molecule has 1 fully saturated rings. The zero-order valence-electron chi connectivity index (χ0n) is 20.3. The molecule has 39 heavy (non-hydrogen) atoms. The van der Waals surface area contributed by atoms with Gasteiger partial charge in [-0.25, -0.2) is 9.69 Å². The van der Waals surface area contributed by atoms with Crippen LogP contribution in [-0.2, 0) is 14.4 Å². The lowest BCUT2D eigenvalue weighted by Crippen LogP contribution is -2.54. The van der Waals surface area contributed by atoms with E-state index in [0.29, 0.717) is 26.4 Å². The summed E-state index contributed by atoms with van der Waals surface area (Å²) >= 11 is 12.6. The van der Waals surface area contributed by atoms with Gasteiger partial charge in [0, 0.05) is 15.2 Å². The lowest BCUT2D eigenvalue weighted by molar-refractivity contribution is -0.122. The number of urea groups is 1. The number of nitrogens with zero attached hydrogens (tertiary/aromatic N) is 1. The third-order valence-corrected chi connectivity index (χ3v) is 6.67. The van der Waals surface area contributed by atoms with Crippen LogP contribution in [0.1, 0.15) is 12.5 Å². The summed E-state index contributed by atoms with van der Waals surface area (Å²) in [5.74, 6) is -1.47. The van der Waals surface area contributed by atoms with E-state index in [4.69, 9.17) is 21.1 Å². The Labute approximate surface area is 245 Å². The summed E-state index contributed by atoms with van der Waals surface area (Å²) in [7, 11) is 0. The van der Waals surface area contributed by atoms with E-state index in [0.717, 1.165) is 9.37 Å². The van der Waals surface area contributed by atoms with Gasteiger partial charge in [0.05, 0.1) is 16.8 Å². The molecule has 1 aliphatic heterocycles. The van der Waals surface area contributed by atoms with E-state index in [1.54, 1.807) is 67.6 Å². The highest BCUT2D eigenvalue weighted by Crippen LogP contribution is 2.38. The third kappa shape index (κ3) is 6.86. The largest absolute Gasteiger partial charge is 0.490 e. The summed E-state index contributed by atoms with van der Waals surface area (Å²) in [5.41, 5.74) is 1.04. The standard InChI is InChI=1S/C27H20Br2ClN3O6/c1-2-38-22-13-15(12-21(29)24(22)39-14-23(34)31-18-7-5-17(30)6-8-18)11-20-25(35)32-27(37)33(26(20)36)19-9-3-16(28)4-10-19/h3-13H,2,14H2,1H3,(H,31,34)(H,32,35,37)/b20-11+. The molecule has 0 atom stereocenters. The number of nitrogens with one attached hydrogen (secondary N) is 2. The molecule has 0 radical (unpaired) electrons. The molecule has 3 aromatic carbocycles. The summed E-state index contributed by atoms with van der Waals surface area (Å²) in [6.45, 7) is 1.74. The molecule has 200 valence electrons. The minimum atomic E-state index is -0.846. The molecule has 2 N–H and O–H groups in total. The van der Waals surface area contributed by atoms with E-state index in [9.17, 15) is 19.2 Å². The van der Waals surface area contributed by atoms with Gasteiger partial charge in [-0.3, -0.25) is 19.7 Å². The van der Waals surface area contributed by atoms with Crippen molar-refractivity contribution in [2.24, 2.45) is 0 Å². The van der Waals surface area contributed by atoms with E-state index < -0.39 is 23.8 Å². The molecule has 0 aliphatic carbocycles. The number of carbonyl (C=O) groups is 4. The summed E-state index contributed by atoms with van der Waals surface area (Å²) < 4.78 is 12.6. The normalized spacial score (nSPS) is 14.3. The molecule has 1 aliphatic rings. The predicted molar refractivity (Wildman–Crippen MR) is 154 cm³/mol. The molecule has 0 aromatic heterocycles. The lowest BCUT2D eigenvalue weighted by Gasteiger charge is -2.26. The van der Waals surface area contributed by atoms with Gasteiger partial charge in [-0.15, -0.1) is 0 Å². The first kappa shape index (κ1) is 28.3. The molecule has 0 unspecified atom stereocenters. The van der Waals surface area contributed by atoms with Crippen LogP contribution >= 0.6 is 43.5 Å². The zero-order valence-corrected chi connectivity index (χ0v) is 24.2. The van der Waals surface area contributed by atoms with E-state index in [-0.39, 0.29) is 30.3 Å². The molecule has 0 saturated carbocycles. The Hall–Kier alpha value is -3.67. The minimum Gasteiger partial charge on any atom is -0.490 e. The van der Waals surface area contributed by atoms with Crippen molar-refractivity contribution in [1.29, 1.82) is 0 Å². The molecule has 0 spiro atoms. The Morgan fingerprint density at radius 2 is 1.72 bits per heavy atom. The molecule has 1 saturated heterocycles. The first-order chi connectivity index (χ1) is 18.7. The van der Waals surface area contributed by atoms with E-state index in [2.05, 4.69) is 42.5 Å². The van der Waals surface area contributed by atoms with Gasteiger partial charge in [-0.2, -0.15) is 0 Å². The SMILES string of the molecule is CCOc1cc(/C=C2\C(=O)NC(=O)N(c3ccc(Br)cc3)C2=O)cc(Br)c1OCC(=O)Nc1ccc(Cl)cc1. The summed E-state index contributed by atoms with van der Waals surface area (Å²) in [5, 5.41) is 5.44. The average Bonchev–Trinajstić information content (AvgIpc) is 2.88. The Balaban J connectivity index is 1.57. The monoisotopic (exact) mass is 675 g/mol. The average molecular weight is 678 g/mol.